The second kappa shape index (κ2) is 6.87. The van der Waals surface area contributed by atoms with E-state index in [0.29, 0.717) is 0 Å². The number of rotatable bonds is 6. The molecule has 0 saturated carbocycles. The molecule has 1 rings (SSSR count). The van der Waals surface area contributed by atoms with Crippen LogP contribution in [0.3, 0.4) is 0 Å². The summed E-state index contributed by atoms with van der Waals surface area (Å²) in [6, 6.07) is 10.5. The summed E-state index contributed by atoms with van der Waals surface area (Å²) in [5.74, 6) is 0.193. The van der Waals surface area contributed by atoms with Crippen LogP contribution >= 0.6 is 0 Å². The van der Waals surface area contributed by atoms with Crippen LogP contribution in [0.1, 0.15) is 24.8 Å². The lowest BCUT2D eigenvalue weighted by Gasteiger charge is -2.00. The van der Waals surface area contributed by atoms with Gasteiger partial charge in [-0.25, -0.2) is 0 Å². The van der Waals surface area contributed by atoms with Gasteiger partial charge in [0.2, 0.25) is 0 Å². The molecule has 0 heterocycles. The zero-order valence-electron chi connectivity index (χ0n) is 9.02. The van der Waals surface area contributed by atoms with Crippen LogP contribution in [0, 0.1) is 0 Å². The van der Waals surface area contributed by atoms with Crippen molar-refractivity contribution in [2.75, 3.05) is 6.54 Å². The Labute approximate surface area is 91.2 Å². The second-order valence-electron chi connectivity index (χ2n) is 3.60. The molecule has 4 N–H and O–H groups in total. The zero-order chi connectivity index (χ0) is 10.9. The average Bonchev–Trinajstić information content (AvgIpc) is 2.24. The SMILES string of the molecule is NC(N)=NCCCCCc1ccccc1. The summed E-state index contributed by atoms with van der Waals surface area (Å²) >= 11 is 0. The van der Waals surface area contributed by atoms with Crippen LogP contribution in [0.4, 0.5) is 0 Å². The van der Waals surface area contributed by atoms with E-state index in [0.717, 1.165) is 19.4 Å². The van der Waals surface area contributed by atoms with Gasteiger partial charge in [-0.05, 0) is 24.8 Å². The molecule has 0 radical (unpaired) electrons. The van der Waals surface area contributed by atoms with E-state index in [1.54, 1.807) is 0 Å². The van der Waals surface area contributed by atoms with Gasteiger partial charge in [0.1, 0.15) is 0 Å². The predicted molar refractivity (Wildman–Crippen MR) is 64.7 cm³/mol. The first-order valence-corrected chi connectivity index (χ1v) is 5.38. The molecule has 0 atom stereocenters. The minimum absolute atomic E-state index is 0.193. The molecular weight excluding hydrogens is 186 g/mol. The molecule has 0 spiro atoms. The first-order chi connectivity index (χ1) is 7.29. The Balaban J connectivity index is 2.05. The van der Waals surface area contributed by atoms with Crippen molar-refractivity contribution in [2.45, 2.75) is 25.7 Å². The van der Waals surface area contributed by atoms with E-state index >= 15 is 0 Å². The van der Waals surface area contributed by atoms with Crippen LogP contribution in [0.25, 0.3) is 0 Å². The van der Waals surface area contributed by atoms with Crippen LogP contribution in [-0.4, -0.2) is 12.5 Å². The topological polar surface area (TPSA) is 64.4 Å². The molecule has 1 aromatic carbocycles. The van der Waals surface area contributed by atoms with Crippen molar-refractivity contribution in [3.8, 4) is 0 Å². The van der Waals surface area contributed by atoms with Gasteiger partial charge in [-0.3, -0.25) is 4.99 Å². The van der Waals surface area contributed by atoms with Gasteiger partial charge in [-0.15, -0.1) is 0 Å². The number of hydrogen-bond donors (Lipinski definition) is 2. The highest BCUT2D eigenvalue weighted by Gasteiger charge is 1.92. The van der Waals surface area contributed by atoms with Crippen LogP contribution < -0.4 is 11.5 Å². The minimum Gasteiger partial charge on any atom is -0.370 e. The van der Waals surface area contributed by atoms with Crippen LogP contribution in [0.15, 0.2) is 35.3 Å². The van der Waals surface area contributed by atoms with E-state index in [2.05, 4.69) is 29.3 Å². The Morgan fingerprint density at radius 2 is 1.73 bits per heavy atom. The van der Waals surface area contributed by atoms with Gasteiger partial charge < -0.3 is 11.5 Å². The molecule has 0 bridgehead atoms. The van der Waals surface area contributed by atoms with Gasteiger partial charge in [0.15, 0.2) is 5.96 Å². The standard InChI is InChI=1S/C12H19N3/c13-12(14)15-10-6-2-5-9-11-7-3-1-4-8-11/h1,3-4,7-8H,2,5-6,9-10H2,(H4,13,14,15). The molecule has 0 fully saturated rings. The molecule has 0 aliphatic rings. The third-order valence-corrected chi connectivity index (χ3v) is 2.26. The maximum absolute atomic E-state index is 5.23. The minimum atomic E-state index is 0.193. The summed E-state index contributed by atoms with van der Waals surface area (Å²) in [4.78, 5) is 3.94. The number of aliphatic imine (C=N–C) groups is 1. The number of benzene rings is 1. The van der Waals surface area contributed by atoms with E-state index < -0.39 is 0 Å². The third kappa shape index (κ3) is 5.73. The largest absolute Gasteiger partial charge is 0.370 e. The van der Waals surface area contributed by atoms with E-state index in [-0.39, 0.29) is 5.96 Å². The molecule has 3 heteroatoms. The molecule has 15 heavy (non-hydrogen) atoms. The number of hydrogen-bond acceptors (Lipinski definition) is 1. The summed E-state index contributed by atoms with van der Waals surface area (Å²) in [6.45, 7) is 0.747. The molecule has 3 nitrogen and oxygen atoms in total. The quantitative estimate of drug-likeness (QED) is 0.421. The van der Waals surface area contributed by atoms with Gasteiger partial charge in [-0.1, -0.05) is 36.8 Å². The zero-order valence-corrected chi connectivity index (χ0v) is 9.02. The number of nitrogens with two attached hydrogens (primary N) is 2. The summed E-state index contributed by atoms with van der Waals surface area (Å²) in [6.07, 6.45) is 4.57. The van der Waals surface area contributed by atoms with Gasteiger partial charge >= 0.3 is 0 Å². The van der Waals surface area contributed by atoms with E-state index in [9.17, 15) is 0 Å². The maximum Gasteiger partial charge on any atom is 0.185 e. The van der Waals surface area contributed by atoms with E-state index in [4.69, 9.17) is 11.5 Å². The van der Waals surface area contributed by atoms with Crippen molar-refractivity contribution in [2.24, 2.45) is 16.5 Å². The van der Waals surface area contributed by atoms with Crippen molar-refractivity contribution in [1.29, 1.82) is 0 Å². The fraction of sp³-hybridized carbons (Fsp3) is 0.417. The Kier molecular flexibility index (Phi) is 5.30. The Morgan fingerprint density at radius 1 is 1.00 bits per heavy atom. The molecule has 0 aliphatic carbocycles. The number of unbranched alkanes of at least 4 members (excludes halogenated alkanes) is 2. The molecule has 82 valence electrons. The first-order valence-electron chi connectivity index (χ1n) is 5.38. The van der Waals surface area contributed by atoms with E-state index in [1.807, 2.05) is 6.07 Å². The number of aryl methyl sites for hydroxylation is 1. The van der Waals surface area contributed by atoms with Gasteiger partial charge in [0.25, 0.3) is 0 Å². The highest BCUT2D eigenvalue weighted by molar-refractivity contribution is 5.75. The van der Waals surface area contributed by atoms with Crippen molar-refractivity contribution in [3.05, 3.63) is 35.9 Å². The van der Waals surface area contributed by atoms with E-state index in [1.165, 1.54) is 18.4 Å². The van der Waals surface area contributed by atoms with Crippen molar-refractivity contribution >= 4 is 5.96 Å². The van der Waals surface area contributed by atoms with Crippen molar-refractivity contribution in [3.63, 3.8) is 0 Å². The first kappa shape index (κ1) is 11.6. The fourth-order valence-corrected chi connectivity index (χ4v) is 1.47. The smallest absolute Gasteiger partial charge is 0.185 e. The Morgan fingerprint density at radius 3 is 2.40 bits per heavy atom. The maximum atomic E-state index is 5.23. The lowest BCUT2D eigenvalue weighted by atomic mass is 10.1. The molecule has 1 aromatic rings. The number of guanidine groups is 1. The molecule has 0 aromatic heterocycles. The Bertz CT molecular complexity index is 289. The fourth-order valence-electron chi connectivity index (χ4n) is 1.47. The van der Waals surface area contributed by atoms with Gasteiger partial charge in [0, 0.05) is 6.54 Å². The normalized spacial score (nSPS) is 9.87. The van der Waals surface area contributed by atoms with Crippen LogP contribution in [-0.2, 0) is 6.42 Å². The van der Waals surface area contributed by atoms with Crippen LogP contribution in [0.2, 0.25) is 0 Å². The number of nitrogens with zero attached hydrogens (tertiary/aromatic N) is 1. The highest BCUT2D eigenvalue weighted by Crippen LogP contribution is 2.05. The molecule has 0 saturated heterocycles. The molecular formula is C12H19N3. The monoisotopic (exact) mass is 205 g/mol. The summed E-state index contributed by atoms with van der Waals surface area (Å²) in [7, 11) is 0. The van der Waals surface area contributed by atoms with Crippen molar-refractivity contribution in [1.82, 2.24) is 0 Å². The second-order valence-corrected chi connectivity index (χ2v) is 3.60. The lowest BCUT2D eigenvalue weighted by Crippen LogP contribution is -2.22. The summed E-state index contributed by atoms with van der Waals surface area (Å²) in [5.41, 5.74) is 11.9. The lowest BCUT2D eigenvalue weighted by molar-refractivity contribution is 0.687. The van der Waals surface area contributed by atoms with Gasteiger partial charge in [0.05, 0.1) is 0 Å². The van der Waals surface area contributed by atoms with Crippen molar-refractivity contribution < 1.29 is 0 Å². The molecule has 0 amide bonds. The van der Waals surface area contributed by atoms with Gasteiger partial charge in [-0.2, -0.15) is 0 Å². The average molecular weight is 205 g/mol. The predicted octanol–water partition coefficient (Wildman–Crippen LogP) is 1.67. The third-order valence-electron chi connectivity index (χ3n) is 2.26. The summed E-state index contributed by atoms with van der Waals surface area (Å²) in [5, 5.41) is 0. The summed E-state index contributed by atoms with van der Waals surface area (Å²) < 4.78 is 0. The molecule has 0 aliphatic heterocycles. The highest BCUT2D eigenvalue weighted by atomic mass is 15.0. The molecule has 0 unspecified atom stereocenters. The van der Waals surface area contributed by atoms with Crippen LogP contribution in [0.5, 0.6) is 0 Å². The Hall–Kier alpha value is -1.51.